The first-order valence-electron chi connectivity index (χ1n) is 22.4. The van der Waals surface area contributed by atoms with Crippen molar-refractivity contribution in [3.05, 3.63) is 253 Å². The SMILES string of the molecule is C[Si]1(C)c2ccccc2C2(c3ccccc3-c3cccc4cccc2c34)c2ccc(N(c3ccc4c5ccccc5n(-c5ccccc5)c4c3)c3ccccc3-c3ccccc3)cc21. The molecule has 302 valence electrons. The van der Waals surface area contributed by atoms with Crippen molar-refractivity contribution in [3.63, 3.8) is 0 Å². The first-order valence-corrected chi connectivity index (χ1v) is 25.4. The van der Waals surface area contributed by atoms with Crippen LogP contribution in [0.25, 0.3) is 60.5 Å². The minimum absolute atomic E-state index is 0.500. The Balaban J connectivity index is 1.12. The van der Waals surface area contributed by atoms with E-state index in [1.54, 1.807) is 0 Å². The van der Waals surface area contributed by atoms with Crippen molar-refractivity contribution < 1.29 is 0 Å². The minimum Gasteiger partial charge on any atom is -0.310 e. The molecule has 0 N–H and O–H groups in total. The van der Waals surface area contributed by atoms with E-state index in [0.29, 0.717) is 0 Å². The normalized spacial score (nSPS) is 15.5. The van der Waals surface area contributed by atoms with E-state index in [0.717, 1.165) is 22.7 Å². The highest BCUT2D eigenvalue weighted by Crippen LogP contribution is 2.56. The molecule has 2 nitrogen and oxygen atoms in total. The molecule has 1 spiro atoms. The summed E-state index contributed by atoms with van der Waals surface area (Å²) in [5, 5.41) is 8.10. The minimum atomic E-state index is -2.34. The molecular weight excluding hydrogens is 789 g/mol. The van der Waals surface area contributed by atoms with Gasteiger partial charge in [0.1, 0.15) is 8.07 Å². The van der Waals surface area contributed by atoms with Crippen LogP contribution in [0.1, 0.15) is 22.3 Å². The molecule has 0 amide bonds. The third-order valence-corrected chi connectivity index (χ3v) is 18.0. The van der Waals surface area contributed by atoms with Crippen LogP contribution in [0.2, 0.25) is 13.1 Å². The van der Waals surface area contributed by atoms with Gasteiger partial charge in [0.05, 0.1) is 22.1 Å². The molecule has 2 aliphatic rings. The monoisotopic (exact) mass is 832 g/mol. The van der Waals surface area contributed by atoms with E-state index >= 15 is 0 Å². The van der Waals surface area contributed by atoms with E-state index in [-0.39, 0.29) is 0 Å². The number of fused-ring (bicyclic) bond motifs is 11. The van der Waals surface area contributed by atoms with E-state index in [1.807, 2.05) is 0 Å². The number of rotatable bonds is 5. The van der Waals surface area contributed by atoms with Gasteiger partial charge in [-0.2, -0.15) is 0 Å². The summed E-state index contributed by atoms with van der Waals surface area (Å²) in [4.78, 5) is 2.53. The van der Waals surface area contributed by atoms with E-state index in [2.05, 4.69) is 253 Å². The Hall–Kier alpha value is -7.72. The van der Waals surface area contributed by atoms with Crippen LogP contribution in [0, 0.1) is 0 Å². The van der Waals surface area contributed by atoms with E-state index in [1.165, 1.54) is 87.5 Å². The van der Waals surface area contributed by atoms with Crippen LogP contribution in [0.5, 0.6) is 0 Å². The van der Waals surface area contributed by atoms with Crippen molar-refractivity contribution in [2.24, 2.45) is 0 Å². The van der Waals surface area contributed by atoms with Crippen molar-refractivity contribution in [2.75, 3.05) is 4.90 Å². The lowest BCUT2D eigenvalue weighted by molar-refractivity contribution is 0.754. The standard InChI is InChI=1S/C61H44N2Si/c1-64(2)58-34-16-13-30-52(58)61(51-29-12-9-26-47(51)50-28-17-21-42-22-18-31-54(61)60(42)50)53-38-36-45(40-59(53)64)62(55-32-14-10-25-46(55)41-19-5-3-6-20-41)44-35-37-49-48-27-11-15-33-56(48)63(57(49)39-44)43-23-7-4-8-24-43/h3-40H,1-2H3. The second-order valence-electron chi connectivity index (χ2n) is 18.0. The number of benzene rings is 10. The molecule has 2 heterocycles. The van der Waals surface area contributed by atoms with Crippen molar-refractivity contribution >= 4 is 68.1 Å². The maximum absolute atomic E-state index is 2.58. The highest BCUT2D eigenvalue weighted by molar-refractivity contribution is 7.01. The molecule has 13 rings (SSSR count). The van der Waals surface area contributed by atoms with Crippen LogP contribution in [0.3, 0.4) is 0 Å². The zero-order valence-electron chi connectivity index (χ0n) is 35.8. The summed E-state index contributed by atoms with van der Waals surface area (Å²) in [7, 11) is -2.34. The van der Waals surface area contributed by atoms with Gasteiger partial charge in [-0.25, -0.2) is 0 Å². The lowest BCUT2D eigenvalue weighted by atomic mass is 9.59. The third kappa shape index (κ3) is 5.07. The molecule has 3 heteroatoms. The third-order valence-electron chi connectivity index (χ3n) is 14.4. The van der Waals surface area contributed by atoms with Crippen molar-refractivity contribution in [1.29, 1.82) is 0 Å². The van der Waals surface area contributed by atoms with Crippen molar-refractivity contribution in [2.45, 2.75) is 18.5 Å². The number of anilines is 3. The summed E-state index contributed by atoms with van der Waals surface area (Å²) in [5.41, 5.74) is 17.0. The van der Waals surface area contributed by atoms with Crippen LogP contribution in [0.15, 0.2) is 231 Å². The number of hydrogen-bond donors (Lipinski definition) is 0. The molecule has 0 saturated heterocycles. The van der Waals surface area contributed by atoms with Gasteiger partial charge in [-0.3, -0.25) is 0 Å². The predicted octanol–water partition coefficient (Wildman–Crippen LogP) is 14.6. The Morgan fingerprint density at radius 1 is 0.406 bits per heavy atom. The Bertz CT molecular complexity index is 3650. The fourth-order valence-corrected chi connectivity index (χ4v) is 14.9. The fourth-order valence-electron chi connectivity index (χ4n) is 11.7. The molecule has 64 heavy (non-hydrogen) atoms. The Morgan fingerprint density at radius 2 is 1.00 bits per heavy atom. The first kappa shape index (κ1) is 36.9. The zero-order valence-corrected chi connectivity index (χ0v) is 36.8. The topological polar surface area (TPSA) is 8.17 Å². The van der Waals surface area contributed by atoms with Gasteiger partial charge < -0.3 is 9.47 Å². The quantitative estimate of drug-likeness (QED) is 0.157. The molecule has 1 atom stereocenters. The van der Waals surface area contributed by atoms with Gasteiger partial charge in [-0.05, 0) is 109 Å². The van der Waals surface area contributed by atoms with Crippen LogP contribution < -0.4 is 15.3 Å². The molecule has 1 aliphatic heterocycles. The van der Waals surface area contributed by atoms with Crippen LogP contribution >= 0.6 is 0 Å². The summed E-state index contributed by atoms with van der Waals surface area (Å²) < 4.78 is 2.43. The smallest absolute Gasteiger partial charge is 0.113 e. The molecular formula is C61H44N2Si. The Kier molecular flexibility index (Phi) is 8.01. The Labute approximate surface area is 375 Å². The molecule has 0 radical (unpaired) electrons. The number of aromatic nitrogens is 1. The van der Waals surface area contributed by atoms with Crippen LogP contribution in [-0.2, 0) is 5.41 Å². The van der Waals surface area contributed by atoms with Crippen LogP contribution in [0.4, 0.5) is 17.1 Å². The maximum atomic E-state index is 2.58. The molecule has 1 aliphatic carbocycles. The van der Waals surface area contributed by atoms with Gasteiger partial charge in [0.15, 0.2) is 0 Å². The second kappa shape index (κ2) is 13.9. The van der Waals surface area contributed by atoms with Crippen molar-refractivity contribution in [3.8, 4) is 27.9 Å². The summed E-state index contributed by atoms with van der Waals surface area (Å²) in [6.07, 6.45) is 0. The summed E-state index contributed by atoms with van der Waals surface area (Å²) in [6.45, 7) is 5.13. The average molecular weight is 833 g/mol. The molecule has 1 unspecified atom stereocenters. The van der Waals surface area contributed by atoms with Gasteiger partial charge in [-0.1, -0.05) is 195 Å². The molecule has 0 saturated carbocycles. The maximum Gasteiger partial charge on any atom is 0.113 e. The molecule has 10 aromatic carbocycles. The Morgan fingerprint density at radius 3 is 1.84 bits per heavy atom. The zero-order chi connectivity index (χ0) is 42.6. The van der Waals surface area contributed by atoms with Gasteiger partial charge in [-0.15, -0.1) is 0 Å². The number of hydrogen-bond acceptors (Lipinski definition) is 1. The summed E-state index contributed by atoms with van der Waals surface area (Å²) in [5.74, 6) is 0. The molecule has 11 aromatic rings. The van der Waals surface area contributed by atoms with Gasteiger partial charge in [0.25, 0.3) is 0 Å². The number of nitrogens with zero attached hydrogens (tertiary/aromatic N) is 2. The van der Waals surface area contributed by atoms with E-state index in [9.17, 15) is 0 Å². The van der Waals surface area contributed by atoms with Crippen molar-refractivity contribution in [1.82, 2.24) is 4.57 Å². The highest BCUT2D eigenvalue weighted by Gasteiger charge is 2.52. The fraction of sp³-hybridized carbons (Fsp3) is 0.0492. The highest BCUT2D eigenvalue weighted by atomic mass is 28.3. The molecule has 0 bridgehead atoms. The first-order chi connectivity index (χ1) is 31.5. The van der Waals surface area contributed by atoms with Gasteiger partial charge in [0.2, 0.25) is 0 Å². The second-order valence-corrected chi connectivity index (χ2v) is 22.3. The average Bonchev–Trinajstić information content (AvgIpc) is 3.69. The predicted molar refractivity (Wildman–Crippen MR) is 272 cm³/mol. The van der Waals surface area contributed by atoms with Crippen LogP contribution in [-0.4, -0.2) is 12.6 Å². The van der Waals surface area contributed by atoms with Gasteiger partial charge >= 0.3 is 0 Å². The lowest BCUT2D eigenvalue weighted by Gasteiger charge is -2.50. The van der Waals surface area contributed by atoms with E-state index in [4.69, 9.17) is 0 Å². The summed E-state index contributed by atoms with van der Waals surface area (Å²) in [6, 6.07) is 86.4. The summed E-state index contributed by atoms with van der Waals surface area (Å²) >= 11 is 0. The molecule has 1 aromatic heterocycles. The number of para-hydroxylation sites is 3. The largest absolute Gasteiger partial charge is 0.310 e. The van der Waals surface area contributed by atoms with Gasteiger partial charge in [0, 0.05) is 33.4 Å². The van der Waals surface area contributed by atoms with E-state index < -0.39 is 13.5 Å². The lowest BCUT2D eigenvalue weighted by Crippen LogP contribution is -2.63. The molecule has 0 fully saturated rings.